The van der Waals surface area contributed by atoms with Gasteiger partial charge in [0.1, 0.15) is 5.69 Å². The molecule has 3 aromatic rings. The molecule has 0 spiro atoms. The molecule has 1 fully saturated rings. The van der Waals surface area contributed by atoms with Gasteiger partial charge in [0, 0.05) is 37.3 Å². The number of aromatic nitrogens is 2. The number of rotatable bonds is 7. The van der Waals surface area contributed by atoms with E-state index in [-0.39, 0.29) is 11.9 Å². The third kappa shape index (κ3) is 3.96. The van der Waals surface area contributed by atoms with Gasteiger partial charge in [-0.2, -0.15) is 5.10 Å². The molecule has 1 N–H and O–H groups in total. The van der Waals surface area contributed by atoms with E-state index in [2.05, 4.69) is 15.1 Å². The predicted molar refractivity (Wildman–Crippen MR) is 124 cm³/mol. The van der Waals surface area contributed by atoms with Crippen molar-refractivity contribution in [1.82, 2.24) is 20.0 Å². The van der Waals surface area contributed by atoms with E-state index < -0.39 is 0 Å². The topological polar surface area (TPSA) is 79.9 Å². The van der Waals surface area contributed by atoms with Crippen LogP contribution >= 0.6 is 0 Å². The fourth-order valence-corrected chi connectivity index (χ4v) is 4.69. The van der Waals surface area contributed by atoms with E-state index in [1.165, 1.54) is 0 Å². The Morgan fingerprint density at radius 3 is 2.52 bits per heavy atom. The molecule has 8 heteroatoms. The van der Waals surface area contributed by atoms with Crippen LogP contribution in [0.3, 0.4) is 0 Å². The number of methoxy groups -OCH3 is 2. The molecular formula is C25H28N4O4. The van der Waals surface area contributed by atoms with Gasteiger partial charge in [-0.3, -0.25) is 14.8 Å². The first kappa shape index (κ1) is 21.5. The number of ether oxygens (including phenoxy) is 3. The highest BCUT2D eigenvalue weighted by atomic mass is 16.5. The van der Waals surface area contributed by atoms with Crippen LogP contribution in [-0.2, 0) is 4.74 Å². The number of carbonyl (C=O) groups excluding carboxylic acids is 1. The molecular weight excluding hydrogens is 420 g/mol. The van der Waals surface area contributed by atoms with Crippen LogP contribution in [0.25, 0.3) is 11.3 Å². The number of aromatic amines is 1. The monoisotopic (exact) mass is 448 g/mol. The number of carbonyl (C=O) groups is 1. The van der Waals surface area contributed by atoms with Crippen LogP contribution in [0.4, 0.5) is 0 Å². The molecule has 0 saturated carbocycles. The van der Waals surface area contributed by atoms with Gasteiger partial charge in [-0.15, -0.1) is 0 Å². The van der Waals surface area contributed by atoms with E-state index in [4.69, 9.17) is 14.2 Å². The summed E-state index contributed by atoms with van der Waals surface area (Å²) in [5.41, 5.74) is 4.19. The Kier molecular flexibility index (Phi) is 6.02. The van der Waals surface area contributed by atoms with Crippen molar-refractivity contribution < 1.29 is 19.0 Å². The van der Waals surface area contributed by atoms with Crippen molar-refractivity contribution >= 4 is 5.91 Å². The van der Waals surface area contributed by atoms with Gasteiger partial charge in [0.15, 0.2) is 11.5 Å². The van der Waals surface area contributed by atoms with Crippen LogP contribution in [0.15, 0.2) is 48.5 Å². The summed E-state index contributed by atoms with van der Waals surface area (Å²) in [5.74, 6) is 1.25. The predicted octanol–water partition coefficient (Wildman–Crippen LogP) is 2.97. The zero-order valence-electron chi connectivity index (χ0n) is 18.9. The second-order valence-corrected chi connectivity index (χ2v) is 8.20. The molecule has 2 aliphatic heterocycles. The minimum absolute atomic E-state index is 0.0345. The highest BCUT2D eigenvalue weighted by Crippen LogP contribution is 2.44. The average Bonchev–Trinajstić information content (AvgIpc) is 3.42. The number of hydrogen-bond acceptors (Lipinski definition) is 6. The minimum Gasteiger partial charge on any atom is -0.493 e. The van der Waals surface area contributed by atoms with Gasteiger partial charge in [0.05, 0.1) is 39.2 Å². The molecule has 1 aromatic heterocycles. The molecule has 2 aromatic carbocycles. The number of fused-ring (bicyclic) bond motifs is 1. The zero-order valence-corrected chi connectivity index (χ0v) is 18.9. The highest BCUT2D eigenvalue weighted by molar-refractivity contribution is 6.00. The Labute approximate surface area is 193 Å². The number of hydrogen-bond donors (Lipinski definition) is 1. The van der Waals surface area contributed by atoms with Crippen LogP contribution in [0.5, 0.6) is 11.5 Å². The van der Waals surface area contributed by atoms with Crippen molar-refractivity contribution in [2.45, 2.75) is 6.04 Å². The molecule has 0 bridgehead atoms. The Bertz CT molecular complexity index is 1120. The number of benzene rings is 2. The maximum atomic E-state index is 13.5. The summed E-state index contributed by atoms with van der Waals surface area (Å²) in [6.45, 7) is 4.62. The number of H-pyrrole nitrogens is 1. The summed E-state index contributed by atoms with van der Waals surface area (Å²) in [6.07, 6.45) is 0. The van der Waals surface area contributed by atoms with Crippen LogP contribution in [0, 0.1) is 0 Å². The molecule has 2 aliphatic rings. The normalized spacial score (nSPS) is 18.4. The van der Waals surface area contributed by atoms with Crippen LogP contribution in [0.1, 0.15) is 27.7 Å². The van der Waals surface area contributed by atoms with E-state index in [0.29, 0.717) is 23.7 Å². The van der Waals surface area contributed by atoms with E-state index in [1.807, 2.05) is 53.4 Å². The van der Waals surface area contributed by atoms with E-state index in [0.717, 1.165) is 55.2 Å². The summed E-state index contributed by atoms with van der Waals surface area (Å²) < 4.78 is 16.5. The molecule has 0 aliphatic carbocycles. The molecule has 1 saturated heterocycles. The van der Waals surface area contributed by atoms with E-state index in [9.17, 15) is 4.79 Å². The fraction of sp³-hybridized carbons (Fsp3) is 0.360. The number of morpholine rings is 1. The molecule has 3 heterocycles. The molecule has 172 valence electrons. The first-order chi connectivity index (χ1) is 16.2. The van der Waals surface area contributed by atoms with Crippen molar-refractivity contribution in [3.8, 4) is 22.8 Å². The molecule has 5 rings (SSSR count). The smallest absolute Gasteiger partial charge is 0.273 e. The number of nitrogens with one attached hydrogen (secondary N) is 1. The first-order valence-electron chi connectivity index (χ1n) is 11.2. The zero-order chi connectivity index (χ0) is 22.8. The summed E-state index contributed by atoms with van der Waals surface area (Å²) in [5, 5.41) is 7.56. The van der Waals surface area contributed by atoms with Crippen LogP contribution in [-0.4, -0.2) is 79.5 Å². The third-order valence-corrected chi connectivity index (χ3v) is 6.40. The van der Waals surface area contributed by atoms with Gasteiger partial charge < -0.3 is 19.1 Å². The standard InChI is InChI=1S/C25H28N4O4/c1-31-19-9-8-18(16-20(19)32-2)24-21-22(17-6-4-3-5-7-17)26-27-23(21)25(30)29(24)11-10-28-12-14-33-15-13-28/h3-9,16,24H,10-15H2,1-2H3,(H,26,27). The third-order valence-electron chi connectivity index (χ3n) is 6.40. The Hall–Kier alpha value is -3.36. The quantitative estimate of drug-likeness (QED) is 0.599. The molecule has 0 radical (unpaired) electrons. The Balaban J connectivity index is 1.56. The second-order valence-electron chi connectivity index (χ2n) is 8.20. The molecule has 1 atom stereocenters. The van der Waals surface area contributed by atoms with Gasteiger partial charge >= 0.3 is 0 Å². The first-order valence-corrected chi connectivity index (χ1v) is 11.2. The summed E-state index contributed by atoms with van der Waals surface area (Å²) in [7, 11) is 3.24. The van der Waals surface area contributed by atoms with Crippen LogP contribution in [0.2, 0.25) is 0 Å². The van der Waals surface area contributed by atoms with E-state index >= 15 is 0 Å². The molecule has 1 amide bonds. The van der Waals surface area contributed by atoms with Gasteiger partial charge in [0.25, 0.3) is 5.91 Å². The highest BCUT2D eigenvalue weighted by Gasteiger charge is 2.42. The largest absolute Gasteiger partial charge is 0.493 e. The lowest BCUT2D eigenvalue weighted by Crippen LogP contribution is -2.42. The minimum atomic E-state index is -0.276. The molecule has 33 heavy (non-hydrogen) atoms. The van der Waals surface area contributed by atoms with Crippen LogP contribution < -0.4 is 9.47 Å². The Morgan fingerprint density at radius 1 is 1.03 bits per heavy atom. The second kappa shape index (κ2) is 9.25. The maximum absolute atomic E-state index is 13.5. The summed E-state index contributed by atoms with van der Waals surface area (Å²) >= 11 is 0. The summed E-state index contributed by atoms with van der Waals surface area (Å²) in [6, 6.07) is 15.5. The summed E-state index contributed by atoms with van der Waals surface area (Å²) in [4.78, 5) is 17.8. The van der Waals surface area contributed by atoms with Gasteiger partial charge in [-0.05, 0) is 17.7 Å². The molecule has 1 unspecified atom stereocenters. The van der Waals surface area contributed by atoms with E-state index in [1.54, 1.807) is 14.2 Å². The molecule has 8 nitrogen and oxygen atoms in total. The number of amides is 1. The lowest BCUT2D eigenvalue weighted by molar-refractivity contribution is 0.0316. The van der Waals surface area contributed by atoms with Crippen molar-refractivity contribution in [3.05, 3.63) is 65.4 Å². The SMILES string of the molecule is COc1ccc(C2c3c(-c4ccccc4)n[nH]c3C(=O)N2CCN2CCOCC2)cc1OC. The number of nitrogens with zero attached hydrogens (tertiary/aromatic N) is 3. The van der Waals surface area contributed by atoms with Gasteiger partial charge in [0.2, 0.25) is 0 Å². The fourth-order valence-electron chi connectivity index (χ4n) is 4.69. The average molecular weight is 449 g/mol. The van der Waals surface area contributed by atoms with Gasteiger partial charge in [-0.25, -0.2) is 0 Å². The van der Waals surface area contributed by atoms with Crippen molar-refractivity contribution in [2.24, 2.45) is 0 Å². The lowest BCUT2D eigenvalue weighted by atomic mass is 9.95. The van der Waals surface area contributed by atoms with Crippen molar-refractivity contribution in [3.63, 3.8) is 0 Å². The maximum Gasteiger partial charge on any atom is 0.273 e. The van der Waals surface area contributed by atoms with Gasteiger partial charge in [-0.1, -0.05) is 36.4 Å². The Morgan fingerprint density at radius 2 is 1.79 bits per heavy atom. The lowest BCUT2D eigenvalue weighted by Gasteiger charge is -2.31. The van der Waals surface area contributed by atoms with Crippen molar-refractivity contribution in [1.29, 1.82) is 0 Å². The van der Waals surface area contributed by atoms with Crippen molar-refractivity contribution in [2.75, 3.05) is 53.6 Å².